The number of nitrogens with one attached hydrogen (secondary N) is 2. The van der Waals surface area contributed by atoms with Crippen LogP contribution in [0.25, 0.3) is 0 Å². The normalized spacial score (nSPS) is 10.3. The van der Waals surface area contributed by atoms with E-state index in [-0.39, 0.29) is 5.11 Å². The third-order valence-corrected chi connectivity index (χ3v) is 3.66. The van der Waals surface area contributed by atoms with Crippen LogP contribution in [0.4, 0.5) is 23.2 Å². The van der Waals surface area contributed by atoms with Gasteiger partial charge in [0, 0.05) is 10.2 Å². The summed E-state index contributed by atoms with van der Waals surface area (Å²) in [5.74, 6) is -10.1. The standard InChI is InChI=1S/C15H9BrF4N2O2S/c1-24-13-11(19)9(17)8(10(18)12(13)20)14(23)22-15(25)21-7-4-2-3-6(16)5-7/h2-5H,1H3,(H2,21,22,23,25). The van der Waals surface area contributed by atoms with Crippen LogP contribution in [0.1, 0.15) is 10.4 Å². The zero-order valence-electron chi connectivity index (χ0n) is 12.4. The van der Waals surface area contributed by atoms with Gasteiger partial charge in [-0.15, -0.1) is 0 Å². The summed E-state index contributed by atoms with van der Waals surface area (Å²) in [4.78, 5) is 12.0. The van der Waals surface area contributed by atoms with Gasteiger partial charge in [-0.25, -0.2) is 8.78 Å². The van der Waals surface area contributed by atoms with E-state index in [4.69, 9.17) is 12.2 Å². The van der Waals surface area contributed by atoms with E-state index in [9.17, 15) is 22.4 Å². The summed E-state index contributed by atoms with van der Waals surface area (Å²) in [7, 11) is 0.831. The molecule has 0 heterocycles. The first-order valence-corrected chi connectivity index (χ1v) is 7.74. The number of methoxy groups -OCH3 is 1. The molecule has 0 radical (unpaired) electrons. The number of benzene rings is 2. The van der Waals surface area contributed by atoms with Crippen molar-refractivity contribution in [3.8, 4) is 5.75 Å². The highest BCUT2D eigenvalue weighted by molar-refractivity contribution is 9.10. The van der Waals surface area contributed by atoms with Crippen molar-refractivity contribution < 1.29 is 27.1 Å². The number of carbonyl (C=O) groups excluding carboxylic acids is 1. The van der Waals surface area contributed by atoms with Crippen molar-refractivity contribution in [2.75, 3.05) is 12.4 Å². The minimum atomic E-state index is -1.89. The second-order valence-electron chi connectivity index (χ2n) is 4.58. The smallest absolute Gasteiger partial charge is 0.263 e. The van der Waals surface area contributed by atoms with E-state index in [1.807, 2.05) is 5.32 Å². The fraction of sp³-hybridized carbons (Fsp3) is 0.0667. The van der Waals surface area contributed by atoms with Crippen LogP contribution in [0.2, 0.25) is 0 Å². The van der Waals surface area contributed by atoms with Gasteiger partial charge in [0.1, 0.15) is 5.56 Å². The molecule has 0 fully saturated rings. The molecule has 25 heavy (non-hydrogen) atoms. The van der Waals surface area contributed by atoms with Crippen LogP contribution in [-0.4, -0.2) is 18.1 Å². The van der Waals surface area contributed by atoms with E-state index < -0.39 is 40.5 Å². The van der Waals surface area contributed by atoms with Crippen molar-refractivity contribution in [3.05, 3.63) is 57.6 Å². The van der Waals surface area contributed by atoms with Gasteiger partial charge >= 0.3 is 0 Å². The number of halogens is 5. The molecular formula is C15H9BrF4N2O2S. The van der Waals surface area contributed by atoms with Gasteiger partial charge in [0.05, 0.1) is 7.11 Å². The monoisotopic (exact) mass is 436 g/mol. The van der Waals surface area contributed by atoms with Gasteiger partial charge in [0.2, 0.25) is 11.6 Å². The molecule has 0 saturated heterocycles. The molecule has 0 saturated carbocycles. The van der Waals surface area contributed by atoms with Gasteiger partial charge in [-0.05, 0) is 30.4 Å². The third-order valence-electron chi connectivity index (χ3n) is 2.96. The molecule has 2 N–H and O–H groups in total. The molecule has 4 nitrogen and oxygen atoms in total. The van der Waals surface area contributed by atoms with Crippen LogP contribution in [0.5, 0.6) is 5.75 Å². The summed E-state index contributed by atoms with van der Waals surface area (Å²) in [6, 6.07) is 6.63. The summed E-state index contributed by atoms with van der Waals surface area (Å²) in [6.45, 7) is 0. The lowest BCUT2D eigenvalue weighted by atomic mass is 10.1. The van der Waals surface area contributed by atoms with Crippen molar-refractivity contribution in [2.45, 2.75) is 0 Å². The Morgan fingerprint density at radius 3 is 2.24 bits per heavy atom. The molecule has 1 amide bonds. The topological polar surface area (TPSA) is 50.4 Å². The Bertz CT molecular complexity index is 835. The lowest BCUT2D eigenvalue weighted by Crippen LogP contribution is -2.35. The van der Waals surface area contributed by atoms with E-state index in [2.05, 4.69) is 26.0 Å². The van der Waals surface area contributed by atoms with Crippen molar-refractivity contribution in [1.82, 2.24) is 5.32 Å². The first kappa shape index (κ1) is 19.1. The molecule has 0 bridgehead atoms. The predicted molar refractivity (Wildman–Crippen MR) is 90.7 cm³/mol. The fourth-order valence-corrected chi connectivity index (χ4v) is 2.49. The molecule has 0 aliphatic heterocycles. The lowest BCUT2D eigenvalue weighted by Gasteiger charge is -2.13. The van der Waals surface area contributed by atoms with Crippen LogP contribution >= 0.6 is 28.1 Å². The second kappa shape index (κ2) is 7.79. The Morgan fingerprint density at radius 2 is 1.72 bits per heavy atom. The summed E-state index contributed by atoms with van der Waals surface area (Å²) in [5, 5.41) is 4.22. The zero-order chi connectivity index (χ0) is 18.7. The largest absolute Gasteiger partial charge is 0.491 e. The molecule has 0 aliphatic carbocycles. The highest BCUT2D eigenvalue weighted by Crippen LogP contribution is 2.29. The number of ether oxygens (including phenoxy) is 1. The zero-order valence-corrected chi connectivity index (χ0v) is 14.8. The quantitative estimate of drug-likeness (QED) is 0.431. The van der Waals surface area contributed by atoms with Crippen molar-refractivity contribution in [3.63, 3.8) is 0 Å². The molecule has 0 unspecified atom stereocenters. The summed E-state index contributed by atoms with van der Waals surface area (Å²) in [6.07, 6.45) is 0. The Balaban J connectivity index is 2.25. The SMILES string of the molecule is COc1c(F)c(F)c(C(=O)NC(=S)Nc2cccc(Br)c2)c(F)c1F. The number of hydrogen-bond acceptors (Lipinski definition) is 3. The van der Waals surface area contributed by atoms with E-state index in [1.54, 1.807) is 24.3 Å². The maximum Gasteiger partial charge on any atom is 0.263 e. The van der Waals surface area contributed by atoms with Gasteiger partial charge in [-0.3, -0.25) is 10.1 Å². The number of rotatable bonds is 3. The van der Waals surface area contributed by atoms with Gasteiger partial charge < -0.3 is 10.1 Å². The minimum Gasteiger partial charge on any atom is -0.491 e. The van der Waals surface area contributed by atoms with Crippen LogP contribution in [0.3, 0.4) is 0 Å². The van der Waals surface area contributed by atoms with Crippen molar-refractivity contribution in [1.29, 1.82) is 0 Å². The molecule has 2 rings (SSSR count). The molecule has 0 spiro atoms. The first-order chi connectivity index (χ1) is 11.8. The number of thiocarbonyl (C=S) groups is 1. The van der Waals surface area contributed by atoms with Crippen LogP contribution < -0.4 is 15.4 Å². The average molecular weight is 437 g/mol. The molecule has 2 aromatic rings. The molecule has 132 valence electrons. The number of anilines is 1. The van der Waals surface area contributed by atoms with E-state index in [0.717, 1.165) is 7.11 Å². The van der Waals surface area contributed by atoms with E-state index in [1.165, 1.54) is 0 Å². The van der Waals surface area contributed by atoms with E-state index >= 15 is 0 Å². The average Bonchev–Trinajstić information content (AvgIpc) is 2.53. The predicted octanol–water partition coefficient (Wildman–Crippen LogP) is 4.14. The maximum absolute atomic E-state index is 13.9. The Hall–Kier alpha value is -2.20. The highest BCUT2D eigenvalue weighted by Gasteiger charge is 2.30. The summed E-state index contributed by atoms with van der Waals surface area (Å²) in [5.41, 5.74) is -0.984. The van der Waals surface area contributed by atoms with Gasteiger partial charge in [-0.1, -0.05) is 22.0 Å². The third kappa shape index (κ3) is 4.07. The van der Waals surface area contributed by atoms with Gasteiger partial charge in [0.25, 0.3) is 5.91 Å². The summed E-state index contributed by atoms with van der Waals surface area (Å²) < 4.78 is 60.0. The molecule has 0 atom stereocenters. The number of amides is 1. The summed E-state index contributed by atoms with van der Waals surface area (Å²) >= 11 is 8.06. The lowest BCUT2D eigenvalue weighted by molar-refractivity contribution is 0.0966. The Morgan fingerprint density at radius 1 is 1.12 bits per heavy atom. The van der Waals surface area contributed by atoms with Crippen LogP contribution in [0, 0.1) is 23.3 Å². The maximum atomic E-state index is 13.9. The van der Waals surface area contributed by atoms with E-state index in [0.29, 0.717) is 10.2 Å². The Labute approximate surface area is 153 Å². The van der Waals surface area contributed by atoms with Crippen molar-refractivity contribution in [2.24, 2.45) is 0 Å². The molecule has 2 aromatic carbocycles. The molecule has 0 aromatic heterocycles. The minimum absolute atomic E-state index is 0.321. The van der Waals surface area contributed by atoms with Crippen LogP contribution in [0.15, 0.2) is 28.7 Å². The van der Waals surface area contributed by atoms with Crippen LogP contribution in [-0.2, 0) is 0 Å². The Kier molecular flexibility index (Phi) is 5.96. The van der Waals surface area contributed by atoms with Gasteiger partial charge in [0.15, 0.2) is 22.5 Å². The molecule has 0 aliphatic rings. The molecule has 10 heteroatoms. The van der Waals surface area contributed by atoms with Crippen molar-refractivity contribution >= 4 is 44.9 Å². The first-order valence-electron chi connectivity index (χ1n) is 6.54. The fourth-order valence-electron chi connectivity index (χ4n) is 1.88. The van der Waals surface area contributed by atoms with Gasteiger partial charge in [-0.2, -0.15) is 8.78 Å². The highest BCUT2D eigenvalue weighted by atomic mass is 79.9. The number of carbonyl (C=O) groups is 1. The molecular weight excluding hydrogens is 428 g/mol. The second-order valence-corrected chi connectivity index (χ2v) is 5.91. The number of hydrogen-bond donors (Lipinski definition) is 2.